The van der Waals surface area contributed by atoms with E-state index in [1.165, 1.54) is 23.5 Å². The highest BCUT2D eigenvalue weighted by atomic mass is 79.9. The van der Waals surface area contributed by atoms with Gasteiger partial charge in [0.15, 0.2) is 5.76 Å². The van der Waals surface area contributed by atoms with E-state index in [0.29, 0.717) is 15.9 Å². The molecule has 148 valence electrons. The van der Waals surface area contributed by atoms with Gasteiger partial charge in [-0.05, 0) is 35.7 Å². The second-order valence-electron chi connectivity index (χ2n) is 5.58. The molecular formula is C17H15BrN2O6S2. The lowest BCUT2D eigenvalue weighted by Gasteiger charge is -2.15. The number of carbonyl (C=O) groups is 1. The van der Waals surface area contributed by atoms with E-state index in [4.69, 9.17) is 9.26 Å². The van der Waals surface area contributed by atoms with Gasteiger partial charge in [-0.3, -0.25) is 4.79 Å². The number of benzene rings is 1. The Kier molecular flexibility index (Phi) is 6.62. The number of halogens is 1. The van der Waals surface area contributed by atoms with E-state index in [0.717, 1.165) is 4.88 Å². The molecule has 0 aliphatic heterocycles. The minimum atomic E-state index is -4.01. The summed E-state index contributed by atoms with van der Waals surface area (Å²) in [6.45, 7) is -0.974. The van der Waals surface area contributed by atoms with Gasteiger partial charge in [-0.15, -0.1) is 11.3 Å². The SMILES string of the molecule is O=C(OCc1cc(-c2cccs2)on1)C(CO)NS(=O)(=O)c1ccc(Br)cc1. The maximum absolute atomic E-state index is 12.4. The molecule has 1 unspecified atom stereocenters. The Morgan fingerprint density at radius 2 is 2.07 bits per heavy atom. The molecule has 11 heteroatoms. The van der Waals surface area contributed by atoms with Crippen LogP contribution in [-0.4, -0.2) is 37.3 Å². The summed E-state index contributed by atoms with van der Waals surface area (Å²) in [4.78, 5) is 13.0. The number of nitrogens with one attached hydrogen (secondary N) is 1. The fraction of sp³-hybridized carbons (Fsp3) is 0.176. The number of thiophene rings is 1. The van der Waals surface area contributed by atoms with Crippen molar-refractivity contribution in [3.8, 4) is 10.6 Å². The molecule has 0 radical (unpaired) electrons. The van der Waals surface area contributed by atoms with Crippen molar-refractivity contribution in [1.29, 1.82) is 0 Å². The number of aromatic nitrogens is 1. The number of aliphatic hydroxyl groups is 1. The lowest BCUT2D eigenvalue weighted by molar-refractivity contribution is -0.148. The van der Waals surface area contributed by atoms with Gasteiger partial charge in [-0.2, -0.15) is 4.72 Å². The van der Waals surface area contributed by atoms with Crippen molar-refractivity contribution in [2.75, 3.05) is 6.61 Å². The Balaban J connectivity index is 1.61. The number of carbonyl (C=O) groups excluding carboxylic acids is 1. The van der Waals surface area contributed by atoms with Crippen molar-refractivity contribution >= 4 is 43.3 Å². The van der Waals surface area contributed by atoms with E-state index < -0.39 is 28.6 Å². The average molecular weight is 487 g/mol. The first-order valence-electron chi connectivity index (χ1n) is 7.94. The lowest BCUT2D eigenvalue weighted by Crippen LogP contribution is -2.44. The second kappa shape index (κ2) is 8.97. The van der Waals surface area contributed by atoms with Crippen LogP contribution < -0.4 is 4.72 Å². The highest BCUT2D eigenvalue weighted by Crippen LogP contribution is 2.25. The minimum Gasteiger partial charge on any atom is -0.458 e. The molecule has 0 saturated carbocycles. The molecule has 8 nitrogen and oxygen atoms in total. The molecule has 2 heterocycles. The Bertz CT molecular complexity index is 1030. The van der Waals surface area contributed by atoms with Crippen molar-refractivity contribution in [1.82, 2.24) is 9.88 Å². The van der Waals surface area contributed by atoms with Crippen molar-refractivity contribution in [3.05, 3.63) is 58.0 Å². The van der Waals surface area contributed by atoms with Crippen LogP contribution >= 0.6 is 27.3 Å². The first kappa shape index (κ1) is 20.7. The van der Waals surface area contributed by atoms with Crippen molar-refractivity contribution in [3.63, 3.8) is 0 Å². The number of hydrogen-bond donors (Lipinski definition) is 2. The summed E-state index contributed by atoms with van der Waals surface area (Å²) >= 11 is 4.69. The molecule has 0 spiro atoms. The first-order chi connectivity index (χ1) is 13.4. The third-order valence-electron chi connectivity index (χ3n) is 3.57. The third-order valence-corrected chi connectivity index (χ3v) is 6.47. The normalized spacial score (nSPS) is 12.6. The molecule has 3 aromatic rings. The molecule has 2 aromatic heterocycles. The van der Waals surface area contributed by atoms with Gasteiger partial charge < -0.3 is 14.4 Å². The van der Waals surface area contributed by atoms with Crippen molar-refractivity contribution in [2.45, 2.75) is 17.5 Å². The van der Waals surface area contributed by atoms with Gasteiger partial charge in [0.1, 0.15) is 18.3 Å². The zero-order valence-electron chi connectivity index (χ0n) is 14.2. The van der Waals surface area contributed by atoms with Gasteiger partial charge in [0.05, 0.1) is 16.4 Å². The molecular weight excluding hydrogens is 472 g/mol. The number of hydrogen-bond acceptors (Lipinski definition) is 8. The summed E-state index contributed by atoms with van der Waals surface area (Å²) in [5.41, 5.74) is 0.365. The fourth-order valence-corrected chi connectivity index (χ4v) is 4.30. The molecule has 0 amide bonds. The van der Waals surface area contributed by atoms with Crippen LogP contribution in [0.5, 0.6) is 0 Å². The number of nitrogens with zero attached hydrogens (tertiary/aromatic N) is 1. The maximum atomic E-state index is 12.4. The van der Waals surface area contributed by atoms with Crippen LogP contribution in [0.25, 0.3) is 10.6 Å². The van der Waals surface area contributed by atoms with Crippen LogP contribution in [0.15, 0.2) is 61.7 Å². The lowest BCUT2D eigenvalue weighted by atomic mass is 10.3. The van der Waals surface area contributed by atoms with Crippen LogP contribution in [0.2, 0.25) is 0 Å². The number of ether oxygens (including phenoxy) is 1. The number of sulfonamides is 1. The largest absolute Gasteiger partial charge is 0.458 e. The van der Waals surface area contributed by atoms with Crippen LogP contribution in [0.3, 0.4) is 0 Å². The summed E-state index contributed by atoms with van der Waals surface area (Å²) in [5.74, 6) is -0.389. The Morgan fingerprint density at radius 1 is 1.32 bits per heavy atom. The molecule has 1 atom stereocenters. The molecule has 0 aliphatic carbocycles. The van der Waals surface area contributed by atoms with Crippen molar-refractivity contribution < 1.29 is 27.6 Å². The van der Waals surface area contributed by atoms with Gasteiger partial charge in [0.2, 0.25) is 10.0 Å². The highest BCUT2D eigenvalue weighted by molar-refractivity contribution is 9.10. The molecule has 0 fully saturated rings. The van der Waals surface area contributed by atoms with Gasteiger partial charge in [0, 0.05) is 10.5 Å². The van der Waals surface area contributed by atoms with Crippen molar-refractivity contribution in [2.24, 2.45) is 0 Å². The predicted molar refractivity (Wildman–Crippen MR) is 105 cm³/mol. The zero-order valence-corrected chi connectivity index (χ0v) is 17.5. The summed E-state index contributed by atoms with van der Waals surface area (Å²) in [5, 5.41) is 15.1. The number of aliphatic hydroxyl groups excluding tert-OH is 1. The molecule has 28 heavy (non-hydrogen) atoms. The molecule has 3 rings (SSSR count). The van der Waals surface area contributed by atoms with Crippen LogP contribution in [0, 0.1) is 0 Å². The Morgan fingerprint density at radius 3 is 2.71 bits per heavy atom. The van der Waals surface area contributed by atoms with Gasteiger partial charge in [0.25, 0.3) is 0 Å². The molecule has 0 aliphatic rings. The molecule has 0 saturated heterocycles. The van der Waals surface area contributed by atoms with Crippen LogP contribution in [-0.2, 0) is 26.2 Å². The maximum Gasteiger partial charge on any atom is 0.326 e. The smallest absolute Gasteiger partial charge is 0.326 e. The summed E-state index contributed by atoms with van der Waals surface area (Å²) < 4.78 is 37.8. The first-order valence-corrected chi connectivity index (χ1v) is 11.1. The summed E-state index contributed by atoms with van der Waals surface area (Å²) in [6.07, 6.45) is 0. The third kappa shape index (κ3) is 5.06. The zero-order chi connectivity index (χ0) is 20.1. The predicted octanol–water partition coefficient (Wildman–Crippen LogP) is 2.55. The number of esters is 1. The van der Waals surface area contributed by atoms with E-state index in [-0.39, 0.29) is 11.5 Å². The van der Waals surface area contributed by atoms with Crippen LogP contribution in [0.4, 0.5) is 0 Å². The standard InChI is InChI=1S/C17H15BrN2O6S2/c18-11-3-5-13(6-4-11)28(23,24)20-14(9-21)17(22)25-10-12-8-15(26-19-12)16-2-1-7-27-16/h1-8,14,20-21H,9-10H2. The van der Waals surface area contributed by atoms with E-state index >= 15 is 0 Å². The van der Waals surface area contributed by atoms with Crippen LogP contribution in [0.1, 0.15) is 5.69 Å². The van der Waals surface area contributed by atoms with Gasteiger partial charge in [-0.25, -0.2) is 8.42 Å². The highest BCUT2D eigenvalue weighted by Gasteiger charge is 2.26. The van der Waals surface area contributed by atoms with E-state index in [1.54, 1.807) is 18.2 Å². The van der Waals surface area contributed by atoms with E-state index in [2.05, 4.69) is 25.8 Å². The number of rotatable bonds is 8. The summed E-state index contributed by atoms with van der Waals surface area (Å²) in [7, 11) is -4.01. The second-order valence-corrected chi connectivity index (χ2v) is 9.16. The Hall–Kier alpha value is -2.05. The molecule has 0 bridgehead atoms. The Labute approximate surface area is 173 Å². The average Bonchev–Trinajstić information content (AvgIpc) is 3.36. The monoisotopic (exact) mass is 486 g/mol. The molecule has 1 aromatic carbocycles. The van der Waals surface area contributed by atoms with E-state index in [9.17, 15) is 18.3 Å². The summed E-state index contributed by atoms with van der Waals surface area (Å²) in [6, 6.07) is 9.75. The quantitative estimate of drug-likeness (QED) is 0.469. The molecule has 2 N–H and O–H groups in total. The fourth-order valence-electron chi connectivity index (χ4n) is 2.19. The van der Waals surface area contributed by atoms with Gasteiger partial charge >= 0.3 is 5.97 Å². The van der Waals surface area contributed by atoms with Gasteiger partial charge in [-0.1, -0.05) is 27.2 Å². The van der Waals surface area contributed by atoms with E-state index in [1.807, 2.05) is 17.5 Å². The minimum absolute atomic E-state index is 0.0426. The topological polar surface area (TPSA) is 119 Å².